The average Bonchev–Trinajstić information content (AvgIpc) is 3.15. The molecule has 0 aliphatic rings. The highest BCUT2D eigenvalue weighted by Gasteiger charge is 2.17. The molecule has 1 aromatic carbocycles. The van der Waals surface area contributed by atoms with Crippen molar-refractivity contribution in [2.75, 3.05) is 6.54 Å². The van der Waals surface area contributed by atoms with Crippen molar-refractivity contribution >= 4 is 27.3 Å². The number of para-hydroxylation sites is 1. The molecule has 0 saturated heterocycles. The predicted molar refractivity (Wildman–Crippen MR) is 91.1 cm³/mol. The monoisotopic (exact) mass is 361 g/mol. The Morgan fingerprint density at radius 2 is 2.05 bits per heavy atom. The summed E-state index contributed by atoms with van der Waals surface area (Å²) in [5.74, 6) is 0. The second-order valence-electron chi connectivity index (χ2n) is 4.69. The largest absolute Gasteiger partial charge is 0.306 e. The van der Waals surface area contributed by atoms with E-state index in [9.17, 15) is 0 Å². The quantitative estimate of drug-likeness (QED) is 0.729. The molecule has 1 N–H and O–H groups in total. The van der Waals surface area contributed by atoms with Crippen molar-refractivity contribution in [2.24, 2.45) is 0 Å². The van der Waals surface area contributed by atoms with Gasteiger partial charge in [-0.1, -0.05) is 25.1 Å². The number of rotatable bonds is 5. The number of benzene rings is 1. The second-order valence-corrected chi connectivity index (χ2v) is 7.18. The molecule has 0 aliphatic heterocycles. The molecule has 1 atom stereocenters. The molecule has 1 unspecified atom stereocenters. The zero-order valence-electron chi connectivity index (χ0n) is 11.7. The molecule has 3 aromatic rings. The van der Waals surface area contributed by atoms with E-state index in [4.69, 9.17) is 0 Å². The molecule has 0 aliphatic carbocycles. The lowest BCUT2D eigenvalue weighted by atomic mass is 10.1. The summed E-state index contributed by atoms with van der Waals surface area (Å²) >= 11 is 5.29. The van der Waals surface area contributed by atoms with Crippen molar-refractivity contribution in [3.63, 3.8) is 0 Å². The van der Waals surface area contributed by atoms with Gasteiger partial charge in [-0.3, -0.25) is 0 Å². The van der Waals surface area contributed by atoms with Crippen LogP contribution in [0.2, 0.25) is 0 Å². The fraction of sp³-hybridized carbons (Fsp3) is 0.188. The molecule has 108 valence electrons. The molecule has 21 heavy (non-hydrogen) atoms. The summed E-state index contributed by atoms with van der Waals surface area (Å²) in [5.41, 5.74) is 2.25. The summed E-state index contributed by atoms with van der Waals surface area (Å²) in [6, 6.07) is 14.6. The van der Waals surface area contributed by atoms with Gasteiger partial charge in [0.15, 0.2) is 0 Å². The van der Waals surface area contributed by atoms with Crippen LogP contribution < -0.4 is 5.32 Å². The number of hydrogen-bond acceptors (Lipinski definition) is 3. The molecule has 0 saturated carbocycles. The minimum Gasteiger partial charge on any atom is -0.306 e. The number of thiophene rings is 1. The van der Waals surface area contributed by atoms with Gasteiger partial charge in [0.25, 0.3) is 0 Å². The molecule has 0 fully saturated rings. The van der Waals surface area contributed by atoms with Gasteiger partial charge in [0, 0.05) is 16.6 Å². The van der Waals surface area contributed by atoms with Crippen molar-refractivity contribution in [3.8, 4) is 5.69 Å². The van der Waals surface area contributed by atoms with E-state index in [1.807, 2.05) is 29.1 Å². The Bertz CT molecular complexity index is 705. The third-order valence-electron chi connectivity index (χ3n) is 3.24. The summed E-state index contributed by atoms with van der Waals surface area (Å²) in [7, 11) is 0. The fourth-order valence-corrected chi connectivity index (χ4v) is 3.81. The van der Waals surface area contributed by atoms with E-state index in [-0.39, 0.29) is 6.04 Å². The summed E-state index contributed by atoms with van der Waals surface area (Å²) in [6.07, 6.45) is 4.03. The topological polar surface area (TPSA) is 29.9 Å². The van der Waals surface area contributed by atoms with Crippen LogP contribution in [-0.2, 0) is 0 Å². The van der Waals surface area contributed by atoms with E-state index in [2.05, 4.69) is 63.7 Å². The van der Waals surface area contributed by atoms with Crippen molar-refractivity contribution in [1.82, 2.24) is 15.1 Å². The van der Waals surface area contributed by atoms with Crippen molar-refractivity contribution in [3.05, 3.63) is 69.1 Å². The first kappa shape index (κ1) is 14.5. The number of nitrogens with one attached hydrogen (secondary N) is 1. The lowest BCUT2D eigenvalue weighted by molar-refractivity contribution is 0.639. The van der Waals surface area contributed by atoms with E-state index >= 15 is 0 Å². The van der Waals surface area contributed by atoms with Crippen LogP contribution in [0.4, 0.5) is 0 Å². The lowest BCUT2D eigenvalue weighted by Crippen LogP contribution is -2.20. The van der Waals surface area contributed by atoms with E-state index < -0.39 is 0 Å². The van der Waals surface area contributed by atoms with Crippen LogP contribution >= 0.6 is 27.3 Å². The molecule has 0 spiro atoms. The van der Waals surface area contributed by atoms with Gasteiger partial charge in [-0.2, -0.15) is 5.10 Å². The molecule has 5 heteroatoms. The van der Waals surface area contributed by atoms with Gasteiger partial charge in [-0.25, -0.2) is 4.68 Å². The SMILES string of the molecule is CCNC(c1cnn(-c2ccccc2)c1)c1ccc(Br)s1. The zero-order chi connectivity index (χ0) is 14.7. The Kier molecular flexibility index (Phi) is 4.53. The molecule has 0 amide bonds. The predicted octanol–water partition coefficient (Wildman–Crippen LogP) is 4.40. The highest BCUT2D eigenvalue weighted by atomic mass is 79.9. The van der Waals surface area contributed by atoms with Crippen LogP contribution in [0.3, 0.4) is 0 Å². The van der Waals surface area contributed by atoms with Gasteiger partial charge in [0.2, 0.25) is 0 Å². The van der Waals surface area contributed by atoms with E-state index in [0.717, 1.165) is 16.0 Å². The lowest BCUT2D eigenvalue weighted by Gasteiger charge is -2.14. The van der Waals surface area contributed by atoms with Crippen LogP contribution in [0.15, 0.2) is 58.6 Å². The second kappa shape index (κ2) is 6.56. The first-order valence-electron chi connectivity index (χ1n) is 6.86. The number of halogens is 1. The molecule has 0 bridgehead atoms. The van der Waals surface area contributed by atoms with Crippen molar-refractivity contribution in [1.29, 1.82) is 0 Å². The highest BCUT2D eigenvalue weighted by molar-refractivity contribution is 9.11. The van der Waals surface area contributed by atoms with Gasteiger partial charge in [0.05, 0.1) is 21.7 Å². The van der Waals surface area contributed by atoms with Gasteiger partial charge in [-0.15, -0.1) is 11.3 Å². The molecule has 3 rings (SSSR count). The summed E-state index contributed by atoms with van der Waals surface area (Å²) in [5, 5.41) is 8.02. The molecule has 2 heterocycles. The van der Waals surface area contributed by atoms with Gasteiger partial charge >= 0.3 is 0 Å². The maximum absolute atomic E-state index is 4.49. The molecule has 3 nitrogen and oxygen atoms in total. The standard InChI is InChI=1S/C16H16BrN3S/c1-2-18-16(14-8-9-15(17)21-14)12-10-19-20(11-12)13-6-4-3-5-7-13/h3-11,16,18H,2H2,1H3. The number of nitrogens with zero attached hydrogens (tertiary/aromatic N) is 2. The summed E-state index contributed by atoms with van der Waals surface area (Å²) < 4.78 is 3.07. The first-order chi connectivity index (χ1) is 10.3. The third-order valence-corrected chi connectivity index (χ3v) is 4.93. The van der Waals surface area contributed by atoms with Gasteiger partial charge < -0.3 is 5.32 Å². The molecule has 2 aromatic heterocycles. The number of hydrogen-bond donors (Lipinski definition) is 1. The fourth-order valence-electron chi connectivity index (χ4n) is 2.28. The third kappa shape index (κ3) is 3.26. The Morgan fingerprint density at radius 3 is 2.71 bits per heavy atom. The van der Waals surface area contributed by atoms with Gasteiger partial charge in [0.1, 0.15) is 0 Å². The summed E-state index contributed by atoms with van der Waals surface area (Å²) in [6.45, 7) is 3.04. The van der Waals surface area contributed by atoms with Crippen LogP contribution in [0.25, 0.3) is 5.69 Å². The maximum atomic E-state index is 4.49. The Labute approximate surface area is 136 Å². The van der Waals surface area contributed by atoms with Crippen molar-refractivity contribution in [2.45, 2.75) is 13.0 Å². The minimum absolute atomic E-state index is 0.184. The van der Waals surface area contributed by atoms with Crippen LogP contribution in [0.5, 0.6) is 0 Å². The van der Waals surface area contributed by atoms with E-state index in [0.29, 0.717) is 0 Å². The maximum Gasteiger partial charge on any atom is 0.0702 e. The molecular weight excluding hydrogens is 346 g/mol. The van der Waals surface area contributed by atoms with Crippen LogP contribution in [-0.4, -0.2) is 16.3 Å². The zero-order valence-corrected chi connectivity index (χ0v) is 14.1. The smallest absolute Gasteiger partial charge is 0.0702 e. The normalized spacial score (nSPS) is 12.5. The van der Waals surface area contributed by atoms with Gasteiger partial charge in [-0.05, 0) is 46.7 Å². The molecular formula is C16H16BrN3S. The average molecular weight is 362 g/mol. The first-order valence-corrected chi connectivity index (χ1v) is 8.47. The van der Waals surface area contributed by atoms with Crippen molar-refractivity contribution < 1.29 is 0 Å². The number of aromatic nitrogens is 2. The highest BCUT2D eigenvalue weighted by Crippen LogP contribution is 2.31. The Morgan fingerprint density at radius 1 is 1.24 bits per heavy atom. The van der Waals surface area contributed by atoms with Crippen LogP contribution in [0.1, 0.15) is 23.4 Å². The Hall–Kier alpha value is -1.43. The van der Waals surface area contributed by atoms with E-state index in [1.165, 1.54) is 10.4 Å². The Balaban J connectivity index is 1.92. The minimum atomic E-state index is 0.184. The van der Waals surface area contributed by atoms with Crippen LogP contribution in [0, 0.1) is 0 Å². The molecule has 0 radical (unpaired) electrons. The summed E-state index contributed by atoms with van der Waals surface area (Å²) in [4.78, 5) is 1.29. The van der Waals surface area contributed by atoms with E-state index in [1.54, 1.807) is 11.3 Å².